The first-order chi connectivity index (χ1) is 7.74. The number of imidazole rings is 1. The molecule has 3 heteroatoms. The van der Waals surface area contributed by atoms with Crippen molar-refractivity contribution in [2.75, 3.05) is 0 Å². The van der Waals surface area contributed by atoms with Crippen LogP contribution in [0.2, 0.25) is 0 Å². The molecule has 0 aliphatic carbocycles. The summed E-state index contributed by atoms with van der Waals surface area (Å²) in [5, 5.41) is 10.3. The second-order valence-electron chi connectivity index (χ2n) is 3.83. The molecule has 0 amide bonds. The van der Waals surface area contributed by atoms with E-state index in [0.29, 0.717) is 5.82 Å². The Balaban J connectivity index is 2.39. The van der Waals surface area contributed by atoms with Crippen molar-refractivity contribution in [1.82, 2.24) is 9.55 Å². The number of benzene rings is 1. The Morgan fingerprint density at radius 1 is 1.38 bits per heavy atom. The van der Waals surface area contributed by atoms with E-state index in [0.717, 1.165) is 17.7 Å². The van der Waals surface area contributed by atoms with Crippen LogP contribution in [-0.4, -0.2) is 14.7 Å². The minimum Gasteiger partial charge on any atom is -0.380 e. The van der Waals surface area contributed by atoms with Gasteiger partial charge in [0, 0.05) is 18.9 Å². The number of aryl methyl sites for hydroxylation is 2. The molecule has 1 N–H and O–H groups in total. The summed E-state index contributed by atoms with van der Waals surface area (Å²) in [6.45, 7) is 4.85. The maximum atomic E-state index is 10.3. The SMILES string of the molecule is CCn1ccnc1C(O)c1ccccc1C. The van der Waals surface area contributed by atoms with Gasteiger partial charge in [0.05, 0.1) is 0 Å². The maximum absolute atomic E-state index is 10.3. The Labute approximate surface area is 95.4 Å². The van der Waals surface area contributed by atoms with Crippen molar-refractivity contribution in [2.24, 2.45) is 0 Å². The van der Waals surface area contributed by atoms with E-state index in [4.69, 9.17) is 0 Å². The highest BCUT2D eigenvalue weighted by Gasteiger charge is 2.16. The molecule has 0 radical (unpaired) electrons. The fourth-order valence-corrected chi connectivity index (χ4v) is 1.87. The highest BCUT2D eigenvalue weighted by molar-refractivity contribution is 5.31. The van der Waals surface area contributed by atoms with E-state index in [9.17, 15) is 5.11 Å². The molecule has 1 aromatic heterocycles. The van der Waals surface area contributed by atoms with E-state index in [1.54, 1.807) is 6.20 Å². The van der Waals surface area contributed by atoms with Crippen molar-refractivity contribution in [2.45, 2.75) is 26.5 Å². The van der Waals surface area contributed by atoms with Crippen LogP contribution in [0, 0.1) is 6.92 Å². The third-order valence-corrected chi connectivity index (χ3v) is 2.82. The zero-order valence-electron chi connectivity index (χ0n) is 9.59. The topological polar surface area (TPSA) is 38.0 Å². The lowest BCUT2D eigenvalue weighted by atomic mass is 10.0. The molecule has 1 aromatic carbocycles. The van der Waals surface area contributed by atoms with E-state index in [-0.39, 0.29) is 0 Å². The lowest BCUT2D eigenvalue weighted by molar-refractivity contribution is 0.204. The summed E-state index contributed by atoms with van der Waals surface area (Å²) in [6.07, 6.45) is 2.97. The van der Waals surface area contributed by atoms with E-state index < -0.39 is 6.10 Å². The minimum absolute atomic E-state index is 0.642. The molecule has 0 saturated carbocycles. The third-order valence-electron chi connectivity index (χ3n) is 2.82. The van der Waals surface area contributed by atoms with Gasteiger partial charge in [0.2, 0.25) is 0 Å². The van der Waals surface area contributed by atoms with Gasteiger partial charge in [0.25, 0.3) is 0 Å². The van der Waals surface area contributed by atoms with Gasteiger partial charge in [0.15, 0.2) is 0 Å². The second-order valence-corrected chi connectivity index (χ2v) is 3.83. The Kier molecular flexibility index (Phi) is 3.06. The number of hydrogen-bond donors (Lipinski definition) is 1. The molecule has 2 aromatic rings. The molecule has 1 unspecified atom stereocenters. The fraction of sp³-hybridized carbons (Fsp3) is 0.308. The molecule has 0 bridgehead atoms. The first-order valence-electron chi connectivity index (χ1n) is 5.48. The Morgan fingerprint density at radius 2 is 2.12 bits per heavy atom. The van der Waals surface area contributed by atoms with Crippen LogP contribution in [0.25, 0.3) is 0 Å². The highest BCUT2D eigenvalue weighted by atomic mass is 16.3. The first-order valence-corrected chi connectivity index (χ1v) is 5.48. The molecular formula is C13H16N2O. The van der Waals surface area contributed by atoms with Gasteiger partial charge in [-0.15, -0.1) is 0 Å². The third kappa shape index (κ3) is 1.86. The lowest BCUT2D eigenvalue weighted by Crippen LogP contribution is -2.09. The molecule has 1 heterocycles. The van der Waals surface area contributed by atoms with Gasteiger partial charge in [-0.05, 0) is 25.0 Å². The Hall–Kier alpha value is -1.61. The van der Waals surface area contributed by atoms with Gasteiger partial charge >= 0.3 is 0 Å². The predicted molar refractivity (Wildman–Crippen MR) is 63.1 cm³/mol. The molecule has 0 saturated heterocycles. The molecule has 84 valence electrons. The van der Waals surface area contributed by atoms with Gasteiger partial charge in [0.1, 0.15) is 11.9 Å². The van der Waals surface area contributed by atoms with Gasteiger partial charge in [-0.25, -0.2) is 4.98 Å². The summed E-state index contributed by atoms with van der Waals surface area (Å²) in [6, 6.07) is 7.84. The summed E-state index contributed by atoms with van der Waals surface area (Å²) in [5.41, 5.74) is 2.00. The van der Waals surface area contributed by atoms with Gasteiger partial charge in [-0.2, -0.15) is 0 Å². The van der Waals surface area contributed by atoms with Crippen molar-refractivity contribution >= 4 is 0 Å². The fourth-order valence-electron chi connectivity index (χ4n) is 1.87. The van der Waals surface area contributed by atoms with Crippen LogP contribution in [0.15, 0.2) is 36.7 Å². The molecule has 2 rings (SSSR count). The van der Waals surface area contributed by atoms with Crippen LogP contribution < -0.4 is 0 Å². The normalized spacial score (nSPS) is 12.7. The second kappa shape index (κ2) is 4.49. The predicted octanol–water partition coefficient (Wildman–Crippen LogP) is 2.29. The molecule has 0 aliphatic heterocycles. The van der Waals surface area contributed by atoms with Crippen LogP contribution in [0.4, 0.5) is 0 Å². The van der Waals surface area contributed by atoms with Crippen LogP contribution in [0.1, 0.15) is 30.0 Å². The largest absolute Gasteiger partial charge is 0.380 e. The van der Waals surface area contributed by atoms with Crippen LogP contribution in [-0.2, 0) is 6.54 Å². The van der Waals surface area contributed by atoms with Crippen molar-refractivity contribution < 1.29 is 5.11 Å². The van der Waals surface area contributed by atoms with Crippen LogP contribution in [0.5, 0.6) is 0 Å². The number of aliphatic hydroxyl groups is 1. The number of aromatic nitrogens is 2. The molecular weight excluding hydrogens is 200 g/mol. The van der Waals surface area contributed by atoms with Crippen molar-refractivity contribution in [1.29, 1.82) is 0 Å². The van der Waals surface area contributed by atoms with E-state index in [1.807, 2.05) is 48.9 Å². The smallest absolute Gasteiger partial charge is 0.142 e. The molecule has 3 nitrogen and oxygen atoms in total. The summed E-state index contributed by atoms with van der Waals surface area (Å²) in [7, 11) is 0. The molecule has 16 heavy (non-hydrogen) atoms. The summed E-state index contributed by atoms with van der Waals surface area (Å²) in [5.74, 6) is 0.705. The molecule has 0 fully saturated rings. The monoisotopic (exact) mass is 216 g/mol. The quantitative estimate of drug-likeness (QED) is 0.854. The number of rotatable bonds is 3. The maximum Gasteiger partial charge on any atom is 0.142 e. The van der Waals surface area contributed by atoms with E-state index >= 15 is 0 Å². The van der Waals surface area contributed by atoms with Crippen LogP contribution in [0.3, 0.4) is 0 Å². The standard InChI is InChI=1S/C13H16N2O/c1-3-15-9-8-14-13(15)12(16)11-7-5-4-6-10(11)2/h4-9,12,16H,3H2,1-2H3. The van der Waals surface area contributed by atoms with Gasteiger partial charge < -0.3 is 9.67 Å². The average molecular weight is 216 g/mol. The molecule has 0 aliphatic rings. The number of hydrogen-bond acceptors (Lipinski definition) is 2. The highest BCUT2D eigenvalue weighted by Crippen LogP contribution is 2.23. The molecule has 1 atom stereocenters. The molecule has 0 spiro atoms. The van der Waals surface area contributed by atoms with Gasteiger partial charge in [-0.1, -0.05) is 24.3 Å². The summed E-state index contributed by atoms with van der Waals surface area (Å²) in [4.78, 5) is 4.22. The zero-order chi connectivity index (χ0) is 11.5. The minimum atomic E-state index is -0.642. The van der Waals surface area contributed by atoms with Gasteiger partial charge in [-0.3, -0.25) is 0 Å². The average Bonchev–Trinajstić information content (AvgIpc) is 2.77. The summed E-state index contributed by atoms with van der Waals surface area (Å²) < 4.78 is 1.96. The zero-order valence-corrected chi connectivity index (χ0v) is 9.59. The number of aliphatic hydroxyl groups excluding tert-OH is 1. The Morgan fingerprint density at radius 3 is 2.81 bits per heavy atom. The van der Waals surface area contributed by atoms with E-state index in [1.165, 1.54) is 0 Å². The van der Waals surface area contributed by atoms with Crippen molar-refractivity contribution in [3.8, 4) is 0 Å². The first kappa shape index (κ1) is 10.9. The van der Waals surface area contributed by atoms with Crippen molar-refractivity contribution in [3.63, 3.8) is 0 Å². The van der Waals surface area contributed by atoms with Crippen LogP contribution >= 0.6 is 0 Å². The van der Waals surface area contributed by atoms with Crippen molar-refractivity contribution in [3.05, 3.63) is 53.6 Å². The number of nitrogens with zero attached hydrogens (tertiary/aromatic N) is 2. The Bertz CT molecular complexity index is 476. The lowest BCUT2D eigenvalue weighted by Gasteiger charge is -2.14. The van der Waals surface area contributed by atoms with E-state index in [2.05, 4.69) is 4.98 Å². The summed E-state index contributed by atoms with van der Waals surface area (Å²) >= 11 is 0.